The Hall–Kier alpha value is -1.06. The Bertz CT molecular complexity index is 428. The van der Waals surface area contributed by atoms with Crippen molar-refractivity contribution in [3.8, 4) is 0 Å². The van der Waals surface area contributed by atoms with Gasteiger partial charge in [0, 0.05) is 45.0 Å². The third-order valence-electron chi connectivity index (χ3n) is 5.19. The molecule has 2 aliphatic heterocycles. The number of likely N-dealkylation sites (N-methyl/N-ethyl adjacent to an activating group) is 1. The highest BCUT2D eigenvalue weighted by Gasteiger charge is 2.13. The summed E-state index contributed by atoms with van der Waals surface area (Å²) in [6.07, 6.45) is 6.61. The average molecular weight is 301 g/mol. The fraction of sp³-hybridized carbons (Fsp3) is 0.684. The van der Waals surface area contributed by atoms with E-state index in [1.165, 1.54) is 89.2 Å². The molecule has 3 heteroatoms. The van der Waals surface area contributed by atoms with Gasteiger partial charge in [0.15, 0.2) is 0 Å². The molecule has 0 unspecified atom stereocenters. The fourth-order valence-corrected chi connectivity index (χ4v) is 3.60. The topological polar surface area (TPSA) is 9.72 Å². The van der Waals surface area contributed by atoms with E-state index in [1.807, 2.05) is 0 Å². The summed E-state index contributed by atoms with van der Waals surface area (Å²) in [4.78, 5) is 7.58. The zero-order valence-electron chi connectivity index (χ0n) is 14.1. The maximum atomic E-state index is 2.61. The molecule has 0 saturated carbocycles. The molecule has 0 radical (unpaired) electrons. The number of aryl methyl sites for hydroxylation is 1. The molecule has 122 valence electrons. The maximum absolute atomic E-state index is 2.61. The van der Waals surface area contributed by atoms with Gasteiger partial charge in [-0.1, -0.05) is 12.1 Å². The van der Waals surface area contributed by atoms with Crippen LogP contribution in [-0.2, 0) is 6.42 Å². The van der Waals surface area contributed by atoms with E-state index in [1.54, 1.807) is 0 Å². The molecule has 0 spiro atoms. The van der Waals surface area contributed by atoms with Crippen molar-refractivity contribution in [2.45, 2.75) is 32.1 Å². The normalized spacial score (nSPS) is 21.2. The van der Waals surface area contributed by atoms with Crippen molar-refractivity contribution >= 4 is 5.69 Å². The Morgan fingerprint density at radius 1 is 0.818 bits per heavy atom. The molecule has 0 amide bonds. The van der Waals surface area contributed by atoms with E-state index < -0.39 is 0 Å². The van der Waals surface area contributed by atoms with Crippen molar-refractivity contribution in [2.24, 2.45) is 0 Å². The van der Waals surface area contributed by atoms with E-state index in [0.29, 0.717) is 0 Å². The van der Waals surface area contributed by atoms with Gasteiger partial charge in [0.2, 0.25) is 0 Å². The van der Waals surface area contributed by atoms with Crippen molar-refractivity contribution in [1.82, 2.24) is 9.80 Å². The van der Waals surface area contributed by atoms with Gasteiger partial charge in [0.25, 0.3) is 0 Å². The number of piperazine rings is 1. The molecule has 2 saturated heterocycles. The first kappa shape index (κ1) is 15.8. The summed E-state index contributed by atoms with van der Waals surface area (Å²) in [5.74, 6) is 0. The van der Waals surface area contributed by atoms with Gasteiger partial charge in [0.1, 0.15) is 0 Å². The maximum Gasteiger partial charge on any atom is 0.0366 e. The summed E-state index contributed by atoms with van der Waals surface area (Å²) in [6, 6.07) is 9.34. The van der Waals surface area contributed by atoms with Crippen molar-refractivity contribution < 1.29 is 0 Å². The summed E-state index contributed by atoms with van der Waals surface area (Å²) >= 11 is 0. The van der Waals surface area contributed by atoms with Crippen LogP contribution in [0.5, 0.6) is 0 Å². The highest BCUT2D eigenvalue weighted by atomic mass is 15.2. The highest BCUT2D eigenvalue weighted by Crippen LogP contribution is 2.20. The molecule has 2 aliphatic rings. The van der Waals surface area contributed by atoms with Crippen LogP contribution in [0.15, 0.2) is 24.3 Å². The first-order chi connectivity index (χ1) is 10.8. The van der Waals surface area contributed by atoms with Gasteiger partial charge in [-0.3, -0.25) is 0 Å². The van der Waals surface area contributed by atoms with Gasteiger partial charge in [-0.25, -0.2) is 0 Å². The van der Waals surface area contributed by atoms with Crippen molar-refractivity contribution in [3.63, 3.8) is 0 Å². The Labute approximate surface area is 135 Å². The molecule has 3 rings (SSSR count). The van der Waals surface area contributed by atoms with Crippen LogP contribution in [0.4, 0.5) is 5.69 Å². The lowest BCUT2D eigenvalue weighted by atomic mass is 10.1. The minimum atomic E-state index is 1.21. The predicted octanol–water partition coefficient (Wildman–Crippen LogP) is 2.86. The molecule has 0 aromatic heterocycles. The highest BCUT2D eigenvalue weighted by molar-refractivity contribution is 5.47. The van der Waals surface area contributed by atoms with Crippen LogP contribution >= 0.6 is 0 Å². The minimum absolute atomic E-state index is 1.21. The average Bonchev–Trinajstić information content (AvgIpc) is 2.58. The molecule has 2 heterocycles. The second kappa shape index (κ2) is 7.98. The van der Waals surface area contributed by atoms with E-state index in [0.717, 1.165) is 0 Å². The monoisotopic (exact) mass is 301 g/mol. The summed E-state index contributed by atoms with van der Waals surface area (Å²) in [7, 11) is 2.22. The second-order valence-electron chi connectivity index (χ2n) is 6.96. The largest absolute Gasteiger partial charge is 0.372 e. The SMILES string of the molecule is CN1CCN(CCCc2ccc(N3CCCCC3)cc2)CC1. The van der Waals surface area contributed by atoms with Crippen molar-refractivity contribution in [1.29, 1.82) is 0 Å². The Balaban J connectivity index is 1.41. The predicted molar refractivity (Wildman–Crippen MR) is 94.8 cm³/mol. The van der Waals surface area contributed by atoms with Crippen LogP contribution < -0.4 is 4.90 Å². The smallest absolute Gasteiger partial charge is 0.0366 e. The Morgan fingerprint density at radius 3 is 2.18 bits per heavy atom. The number of piperidine rings is 1. The van der Waals surface area contributed by atoms with Crippen LogP contribution in [0.1, 0.15) is 31.2 Å². The second-order valence-corrected chi connectivity index (χ2v) is 6.96. The number of hydrogen-bond acceptors (Lipinski definition) is 3. The number of rotatable bonds is 5. The molecule has 1 aromatic carbocycles. The van der Waals surface area contributed by atoms with Gasteiger partial charge in [-0.2, -0.15) is 0 Å². The van der Waals surface area contributed by atoms with Crippen LogP contribution in [0.25, 0.3) is 0 Å². The Morgan fingerprint density at radius 2 is 1.50 bits per heavy atom. The number of hydrogen-bond donors (Lipinski definition) is 0. The standard InChI is InChI=1S/C19H31N3/c1-20-14-16-21(17-15-20)11-5-6-18-7-9-19(10-8-18)22-12-3-2-4-13-22/h7-10H,2-6,11-17H2,1H3. The third-order valence-corrected chi connectivity index (χ3v) is 5.19. The molecule has 2 fully saturated rings. The van der Waals surface area contributed by atoms with E-state index in [9.17, 15) is 0 Å². The van der Waals surface area contributed by atoms with E-state index >= 15 is 0 Å². The first-order valence-corrected chi connectivity index (χ1v) is 9.06. The number of benzene rings is 1. The van der Waals surface area contributed by atoms with E-state index in [-0.39, 0.29) is 0 Å². The van der Waals surface area contributed by atoms with Crippen LogP contribution in [0, 0.1) is 0 Å². The quantitative estimate of drug-likeness (QED) is 0.828. The van der Waals surface area contributed by atoms with Crippen LogP contribution in [-0.4, -0.2) is 62.7 Å². The molecule has 1 aromatic rings. The molecule has 22 heavy (non-hydrogen) atoms. The fourth-order valence-electron chi connectivity index (χ4n) is 3.60. The molecule has 0 N–H and O–H groups in total. The summed E-state index contributed by atoms with van der Waals surface area (Å²) < 4.78 is 0. The summed E-state index contributed by atoms with van der Waals surface area (Å²) in [6.45, 7) is 8.66. The van der Waals surface area contributed by atoms with Gasteiger partial charge < -0.3 is 14.7 Å². The summed E-state index contributed by atoms with van der Waals surface area (Å²) in [5.41, 5.74) is 2.91. The zero-order valence-corrected chi connectivity index (χ0v) is 14.1. The number of nitrogens with zero attached hydrogens (tertiary/aromatic N) is 3. The van der Waals surface area contributed by atoms with Gasteiger partial charge in [0.05, 0.1) is 0 Å². The molecule has 0 aliphatic carbocycles. The molecule has 0 atom stereocenters. The molecule has 0 bridgehead atoms. The summed E-state index contributed by atoms with van der Waals surface area (Å²) in [5, 5.41) is 0. The van der Waals surface area contributed by atoms with Crippen LogP contribution in [0.2, 0.25) is 0 Å². The molecule has 3 nitrogen and oxygen atoms in total. The lowest BCUT2D eigenvalue weighted by molar-refractivity contribution is 0.153. The lowest BCUT2D eigenvalue weighted by Gasteiger charge is -2.32. The van der Waals surface area contributed by atoms with Gasteiger partial charge in [-0.15, -0.1) is 0 Å². The first-order valence-electron chi connectivity index (χ1n) is 9.06. The van der Waals surface area contributed by atoms with E-state index in [2.05, 4.69) is 46.0 Å². The van der Waals surface area contributed by atoms with Crippen molar-refractivity contribution in [3.05, 3.63) is 29.8 Å². The third kappa shape index (κ3) is 4.47. The van der Waals surface area contributed by atoms with Gasteiger partial charge in [-0.05, 0) is 63.4 Å². The van der Waals surface area contributed by atoms with Crippen LogP contribution in [0.3, 0.4) is 0 Å². The zero-order chi connectivity index (χ0) is 15.2. The van der Waals surface area contributed by atoms with Gasteiger partial charge >= 0.3 is 0 Å². The van der Waals surface area contributed by atoms with E-state index in [4.69, 9.17) is 0 Å². The Kier molecular flexibility index (Phi) is 5.74. The molecular formula is C19H31N3. The number of anilines is 1. The lowest BCUT2D eigenvalue weighted by Crippen LogP contribution is -2.44. The molecular weight excluding hydrogens is 270 g/mol. The minimum Gasteiger partial charge on any atom is -0.372 e. The van der Waals surface area contributed by atoms with Crippen molar-refractivity contribution in [2.75, 3.05) is 57.8 Å².